The van der Waals surface area contributed by atoms with Crippen LogP contribution in [0.1, 0.15) is 26.6 Å². The summed E-state index contributed by atoms with van der Waals surface area (Å²) >= 11 is 0. The van der Waals surface area contributed by atoms with Crippen molar-refractivity contribution in [3.63, 3.8) is 0 Å². The van der Waals surface area contributed by atoms with Gasteiger partial charge in [-0.1, -0.05) is 20.8 Å². The summed E-state index contributed by atoms with van der Waals surface area (Å²) < 4.78 is 1.03. The molecule has 3 N–H and O–H groups in total. The van der Waals surface area contributed by atoms with Crippen LogP contribution in [0.15, 0.2) is 4.79 Å². The molecule has 1 heterocycles. The van der Waals surface area contributed by atoms with Gasteiger partial charge in [-0.25, -0.2) is 9.89 Å². The van der Waals surface area contributed by atoms with Crippen molar-refractivity contribution in [3.05, 3.63) is 16.3 Å². The highest BCUT2D eigenvalue weighted by Crippen LogP contribution is 2.16. The lowest BCUT2D eigenvalue weighted by Crippen LogP contribution is -2.30. The standard InChI is InChI=1S/C6H12N4O/c1-6(2,3)4-8-9-5(11)10(4)7/h7H2,1-3H3,(H,9,11). The molecule has 0 aliphatic carbocycles. The van der Waals surface area contributed by atoms with Crippen molar-refractivity contribution in [2.45, 2.75) is 26.2 Å². The molecule has 5 nitrogen and oxygen atoms in total. The van der Waals surface area contributed by atoms with Crippen LogP contribution in [-0.2, 0) is 5.41 Å². The predicted octanol–water partition coefficient (Wildman–Crippen LogP) is -0.417. The molecule has 0 atom stereocenters. The number of aromatic nitrogens is 3. The fourth-order valence-electron chi connectivity index (χ4n) is 0.834. The first-order chi connectivity index (χ1) is 4.93. The minimum atomic E-state index is -0.380. The van der Waals surface area contributed by atoms with Gasteiger partial charge in [0.05, 0.1) is 0 Å². The quantitative estimate of drug-likeness (QED) is 0.501. The van der Waals surface area contributed by atoms with Crippen molar-refractivity contribution in [2.24, 2.45) is 0 Å². The highest BCUT2D eigenvalue weighted by atomic mass is 16.2. The molecule has 1 aromatic rings. The number of aromatic amines is 1. The number of hydrogen-bond acceptors (Lipinski definition) is 3. The number of hydrogen-bond donors (Lipinski definition) is 2. The van der Waals surface area contributed by atoms with Crippen molar-refractivity contribution in [1.29, 1.82) is 0 Å². The molecule has 0 aromatic carbocycles. The lowest BCUT2D eigenvalue weighted by Gasteiger charge is -2.15. The second-order valence-electron chi connectivity index (χ2n) is 3.47. The molecule has 62 valence electrons. The highest BCUT2D eigenvalue weighted by Gasteiger charge is 2.20. The van der Waals surface area contributed by atoms with E-state index in [1.807, 2.05) is 20.8 Å². The molecule has 0 bridgehead atoms. The summed E-state index contributed by atoms with van der Waals surface area (Å²) in [6, 6.07) is 0. The minimum Gasteiger partial charge on any atom is -0.333 e. The topological polar surface area (TPSA) is 76.7 Å². The minimum absolute atomic E-state index is 0.200. The van der Waals surface area contributed by atoms with E-state index in [2.05, 4.69) is 10.2 Å². The molecule has 0 unspecified atom stereocenters. The first kappa shape index (κ1) is 7.84. The van der Waals surface area contributed by atoms with Crippen molar-refractivity contribution in [3.8, 4) is 0 Å². The maximum absolute atomic E-state index is 10.8. The summed E-state index contributed by atoms with van der Waals surface area (Å²) in [6.45, 7) is 5.81. The van der Waals surface area contributed by atoms with Crippen LogP contribution in [-0.4, -0.2) is 14.9 Å². The van der Waals surface area contributed by atoms with Crippen LogP contribution in [0.3, 0.4) is 0 Å². The summed E-state index contributed by atoms with van der Waals surface area (Å²) in [7, 11) is 0. The molecule has 5 heteroatoms. The normalized spacial score (nSPS) is 11.9. The smallest absolute Gasteiger partial charge is 0.333 e. The maximum Gasteiger partial charge on any atom is 0.361 e. The molecule has 0 saturated carbocycles. The van der Waals surface area contributed by atoms with Gasteiger partial charge in [-0.2, -0.15) is 9.77 Å². The van der Waals surface area contributed by atoms with Crippen LogP contribution < -0.4 is 11.5 Å². The van der Waals surface area contributed by atoms with Gasteiger partial charge in [0, 0.05) is 5.41 Å². The number of nitrogens with two attached hydrogens (primary N) is 1. The number of nitrogens with zero attached hydrogens (tertiary/aromatic N) is 2. The van der Waals surface area contributed by atoms with Crippen LogP contribution in [0.2, 0.25) is 0 Å². The third-order valence-electron chi connectivity index (χ3n) is 1.38. The van der Waals surface area contributed by atoms with Crippen molar-refractivity contribution >= 4 is 0 Å². The molecule has 1 rings (SSSR count). The van der Waals surface area contributed by atoms with Gasteiger partial charge in [0.25, 0.3) is 0 Å². The molecular weight excluding hydrogens is 144 g/mol. The molecule has 0 spiro atoms. The van der Waals surface area contributed by atoms with Crippen LogP contribution >= 0.6 is 0 Å². The zero-order valence-corrected chi connectivity index (χ0v) is 6.88. The molecular formula is C6H12N4O. The van der Waals surface area contributed by atoms with E-state index in [4.69, 9.17) is 5.84 Å². The van der Waals surface area contributed by atoms with Crippen LogP contribution in [0.4, 0.5) is 0 Å². The van der Waals surface area contributed by atoms with Gasteiger partial charge in [0.1, 0.15) is 0 Å². The zero-order valence-electron chi connectivity index (χ0n) is 6.88. The van der Waals surface area contributed by atoms with E-state index in [1.165, 1.54) is 0 Å². The van der Waals surface area contributed by atoms with E-state index in [9.17, 15) is 4.79 Å². The lowest BCUT2D eigenvalue weighted by molar-refractivity contribution is 0.526. The van der Waals surface area contributed by atoms with Gasteiger partial charge in [0.2, 0.25) is 0 Å². The van der Waals surface area contributed by atoms with Crippen molar-refractivity contribution in [2.75, 3.05) is 5.84 Å². The van der Waals surface area contributed by atoms with Gasteiger partial charge in [-0.05, 0) is 0 Å². The molecule has 0 radical (unpaired) electrons. The van der Waals surface area contributed by atoms with E-state index in [0.717, 1.165) is 4.68 Å². The molecule has 0 aliphatic heterocycles. The average molecular weight is 156 g/mol. The summed E-state index contributed by atoms with van der Waals surface area (Å²) in [5, 5.41) is 6.06. The molecule has 0 saturated heterocycles. The number of nitrogen functional groups attached to an aromatic ring is 1. The van der Waals surface area contributed by atoms with Crippen LogP contribution in [0, 0.1) is 0 Å². The van der Waals surface area contributed by atoms with E-state index >= 15 is 0 Å². The summed E-state index contributed by atoms with van der Waals surface area (Å²) in [4.78, 5) is 10.8. The molecule has 11 heavy (non-hydrogen) atoms. The number of H-pyrrole nitrogens is 1. The fourth-order valence-corrected chi connectivity index (χ4v) is 0.834. The average Bonchev–Trinajstić information content (AvgIpc) is 2.11. The second kappa shape index (κ2) is 2.11. The molecule has 0 amide bonds. The van der Waals surface area contributed by atoms with Crippen LogP contribution in [0.25, 0.3) is 0 Å². The Bertz CT molecular complexity index is 303. The van der Waals surface area contributed by atoms with E-state index < -0.39 is 0 Å². The van der Waals surface area contributed by atoms with Gasteiger partial charge >= 0.3 is 5.69 Å². The van der Waals surface area contributed by atoms with Crippen LogP contribution in [0.5, 0.6) is 0 Å². The highest BCUT2D eigenvalue weighted by molar-refractivity contribution is 5.00. The molecule has 0 aliphatic rings. The Balaban J connectivity index is 3.26. The number of nitrogens with one attached hydrogen (secondary N) is 1. The predicted molar refractivity (Wildman–Crippen MR) is 41.7 cm³/mol. The SMILES string of the molecule is CC(C)(C)c1n[nH]c(=O)n1N. The van der Waals surface area contributed by atoms with E-state index in [0.29, 0.717) is 5.82 Å². The van der Waals surface area contributed by atoms with Crippen molar-refractivity contribution < 1.29 is 0 Å². The third kappa shape index (κ3) is 1.26. The van der Waals surface area contributed by atoms with Crippen molar-refractivity contribution in [1.82, 2.24) is 14.9 Å². The Morgan fingerprint density at radius 2 is 2.09 bits per heavy atom. The van der Waals surface area contributed by atoms with Gasteiger partial charge in [0.15, 0.2) is 5.82 Å². The van der Waals surface area contributed by atoms with E-state index in [1.54, 1.807) is 0 Å². The van der Waals surface area contributed by atoms with Gasteiger partial charge in [-0.15, -0.1) is 0 Å². The Hall–Kier alpha value is -1.26. The Morgan fingerprint density at radius 3 is 2.27 bits per heavy atom. The zero-order chi connectivity index (χ0) is 8.65. The van der Waals surface area contributed by atoms with Gasteiger partial charge < -0.3 is 5.84 Å². The Morgan fingerprint density at radius 1 is 1.55 bits per heavy atom. The summed E-state index contributed by atoms with van der Waals surface area (Å²) in [5.41, 5.74) is -0.580. The largest absolute Gasteiger partial charge is 0.361 e. The molecule has 1 aromatic heterocycles. The monoisotopic (exact) mass is 156 g/mol. The summed E-state index contributed by atoms with van der Waals surface area (Å²) in [5.74, 6) is 5.96. The van der Waals surface area contributed by atoms with E-state index in [-0.39, 0.29) is 11.1 Å². The second-order valence-corrected chi connectivity index (χ2v) is 3.47. The van der Waals surface area contributed by atoms with Gasteiger partial charge in [-0.3, -0.25) is 0 Å². The third-order valence-corrected chi connectivity index (χ3v) is 1.38. The lowest BCUT2D eigenvalue weighted by atomic mass is 9.96. The summed E-state index contributed by atoms with van der Waals surface area (Å²) in [6.07, 6.45) is 0. The fraction of sp³-hybridized carbons (Fsp3) is 0.667. The first-order valence-corrected chi connectivity index (χ1v) is 3.36. The maximum atomic E-state index is 10.8. The Kier molecular flexibility index (Phi) is 1.51. The number of rotatable bonds is 0. The molecule has 0 fully saturated rings. The first-order valence-electron chi connectivity index (χ1n) is 3.36. The Labute approximate surface area is 64.2 Å².